The normalized spacial score (nSPS) is 11.2. The number of ether oxygens (including phenoxy) is 1. The summed E-state index contributed by atoms with van der Waals surface area (Å²) in [4.78, 5) is 4.26. The van der Waals surface area contributed by atoms with Gasteiger partial charge in [0.05, 0.1) is 6.61 Å². The van der Waals surface area contributed by atoms with Gasteiger partial charge in [-0.05, 0) is 5.92 Å². The summed E-state index contributed by atoms with van der Waals surface area (Å²) in [6, 6.07) is 0. The van der Waals surface area contributed by atoms with Crippen LogP contribution in [-0.2, 0) is 18.2 Å². The molecule has 0 radical (unpaired) electrons. The van der Waals surface area contributed by atoms with Gasteiger partial charge in [-0.25, -0.2) is 4.98 Å². The maximum absolute atomic E-state index is 5.47. The van der Waals surface area contributed by atoms with Crippen LogP contribution in [0.25, 0.3) is 0 Å². The third-order valence-electron chi connectivity index (χ3n) is 2.32. The molecule has 0 unspecified atom stereocenters. The van der Waals surface area contributed by atoms with Crippen molar-refractivity contribution in [3.8, 4) is 0 Å². The van der Waals surface area contributed by atoms with Gasteiger partial charge in [-0.1, -0.05) is 13.8 Å². The highest BCUT2D eigenvalue weighted by Gasteiger charge is 1.98. The average Bonchev–Trinajstić information content (AvgIpc) is 2.62. The van der Waals surface area contributed by atoms with Crippen molar-refractivity contribution in [2.75, 3.05) is 26.3 Å². The van der Waals surface area contributed by atoms with Crippen LogP contribution in [0.1, 0.15) is 19.7 Å². The van der Waals surface area contributed by atoms with E-state index in [1.54, 1.807) is 0 Å². The molecular weight excluding hydrogens is 202 g/mol. The zero-order valence-corrected chi connectivity index (χ0v) is 10.6. The number of hydrogen-bond acceptors (Lipinski definition) is 3. The minimum Gasteiger partial charge on any atom is -0.380 e. The van der Waals surface area contributed by atoms with Crippen molar-refractivity contribution in [1.29, 1.82) is 0 Å². The van der Waals surface area contributed by atoms with E-state index in [1.165, 1.54) is 0 Å². The molecule has 0 saturated carbocycles. The van der Waals surface area contributed by atoms with Gasteiger partial charge in [0.15, 0.2) is 0 Å². The molecule has 0 aliphatic heterocycles. The molecule has 1 aromatic heterocycles. The van der Waals surface area contributed by atoms with Gasteiger partial charge < -0.3 is 14.6 Å². The van der Waals surface area contributed by atoms with Gasteiger partial charge in [0.25, 0.3) is 0 Å². The monoisotopic (exact) mass is 225 g/mol. The topological polar surface area (TPSA) is 39.1 Å². The van der Waals surface area contributed by atoms with Crippen LogP contribution < -0.4 is 5.32 Å². The van der Waals surface area contributed by atoms with Gasteiger partial charge >= 0.3 is 0 Å². The Morgan fingerprint density at radius 2 is 2.25 bits per heavy atom. The van der Waals surface area contributed by atoms with Crippen LogP contribution in [0.2, 0.25) is 0 Å². The average molecular weight is 225 g/mol. The number of hydrogen-bond donors (Lipinski definition) is 1. The van der Waals surface area contributed by atoms with E-state index in [1.807, 2.05) is 19.4 Å². The summed E-state index contributed by atoms with van der Waals surface area (Å²) in [5, 5.41) is 3.35. The molecule has 0 aliphatic carbocycles. The van der Waals surface area contributed by atoms with Crippen LogP contribution >= 0.6 is 0 Å². The molecule has 16 heavy (non-hydrogen) atoms. The predicted octanol–water partition coefficient (Wildman–Crippen LogP) is 1.22. The zero-order chi connectivity index (χ0) is 11.8. The lowest BCUT2D eigenvalue weighted by Gasteiger charge is -2.07. The Labute approximate surface area is 98.0 Å². The maximum atomic E-state index is 5.47. The Morgan fingerprint density at radius 1 is 1.44 bits per heavy atom. The minimum absolute atomic E-state index is 0.618. The summed E-state index contributed by atoms with van der Waals surface area (Å²) in [5.74, 6) is 1.74. The molecule has 1 N–H and O–H groups in total. The fraction of sp³-hybridized carbons (Fsp3) is 0.750. The van der Waals surface area contributed by atoms with Crippen LogP contribution in [0.4, 0.5) is 0 Å². The van der Waals surface area contributed by atoms with Crippen molar-refractivity contribution in [3.63, 3.8) is 0 Å². The van der Waals surface area contributed by atoms with E-state index in [2.05, 4.69) is 28.7 Å². The van der Waals surface area contributed by atoms with Gasteiger partial charge in [-0.3, -0.25) is 0 Å². The Hall–Kier alpha value is -0.870. The number of nitrogens with one attached hydrogen (secondary N) is 1. The third kappa shape index (κ3) is 5.28. The second kappa shape index (κ2) is 7.41. The standard InChI is InChI=1S/C12H23N3O/c1-11(2)10-16-9-7-13-5-4-12-14-6-8-15(12)3/h6,8,11,13H,4-5,7,9-10H2,1-3H3. The van der Waals surface area contributed by atoms with E-state index in [-0.39, 0.29) is 0 Å². The van der Waals surface area contributed by atoms with E-state index < -0.39 is 0 Å². The highest BCUT2D eigenvalue weighted by atomic mass is 16.5. The quantitative estimate of drug-likeness (QED) is 0.676. The lowest BCUT2D eigenvalue weighted by molar-refractivity contribution is 0.112. The number of imidazole rings is 1. The zero-order valence-electron chi connectivity index (χ0n) is 10.6. The summed E-state index contributed by atoms with van der Waals surface area (Å²) in [7, 11) is 2.02. The Morgan fingerprint density at radius 3 is 2.88 bits per heavy atom. The van der Waals surface area contributed by atoms with Crippen molar-refractivity contribution in [1.82, 2.24) is 14.9 Å². The molecule has 1 rings (SSSR count). The first-order chi connectivity index (χ1) is 7.70. The lowest BCUT2D eigenvalue weighted by atomic mass is 10.2. The molecular formula is C12H23N3O. The van der Waals surface area contributed by atoms with Crippen LogP contribution in [0.15, 0.2) is 12.4 Å². The number of aromatic nitrogens is 2. The van der Waals surface area contributed by atoms with Gasteiger partial charge in [-0.15, -0.1) is 0 Å². The summed E-state index contributed by atoms with van der Waals surface area (Å²) in [6.07, 6.45) is 4.77. The van der Waals surface area contributed by atoms with Gasteiger partial charge in [0, 0.05) is 45.6 Å². The number of nitrogens with zero attached hydrogens (tertiary/aromatic N) is 2. The molecule has 0 fully saturated rings. The minimum atomic E-state index is 0.618. The second-order valence-electron chi connectivity index (χ2n) is 4.42. The molecule has 0 aliphatic rings. The van der Waals surface area contributed by atoms with E-state index >= 15 is 0 Å². The Balaban J connectivity index is 1.94. The molecule has 0 aromatic carbocycles. The first-order valence-corrected chi connectivity index (χ1v) is 5.95. The SMILES string of the molecule is CC(C)COCCNCCc1nccn1C. The molecule has 0 spiro atoms. The first-order valence-electron chi connectivity index (χ1n) is 5.95. The maximum Gasteiger partial charge on any atom is 0.109 e. The predicted molar refractivity (Wildman–Crippen MR) is 65.4 cm³/mol. The number of aryl methyl sites for hydroxylation is 1. The summed E-state index contributed by atoms with van der Waals surface area (Å²) < 4.78 is 7.53. The van der Waals surface area contributed by atoms with Gasteiger partial charge in [-0.2, -0.15) is 0 Å². The molecule has 0 saturated heterocycles. The lowest BCUT2D eigenvalue weighted by Crippen LogP contribution is -2.23. The smallest absolute Gasteiger partial charge is 0.109 e. The van der Waals surface area contributed by atoms with E-state index in [9.17, 15) is 0 Å². The summed E-state index contributed by atoms with van der Waals surface area (Å²) in [5.41, 5.74) is 0. The molecule has 4 heteroatoms. The van der Waals surface area contributed by atoms with Crippen LogP contribution in [0.5, 0.6) is 0 Å². The second-order valence-corrected chi connectivity index (χ2v) is 4.42. The van der Waals surface area contributed by atoms with Crippen molar-refractivity contribution in [2.45, 2.75) is 20.3 Å². The molecule has 4 nitrogen and oxygen atoms in total. The molecule has 1 heterocycles. The van der Waals surface area contributed by atoms with E-state index in [0.29, 0.717) is 5.92 Å². The van der Waals surface area contributed by atoms with Crippen LogP contribution in [0, 0.1) is 5.92 Å². The summed E-state index contributed by atoms with van der Waals surface area (Å²) in [6.45, 7) is 7.83. The van der Waals surface area contributed by atoms with Gasteiger partial charge in [0.2, 0.25) is 0 Å². The molecule has 92 valence electrons. The Bertz CT molecular complexity index is 284. The number of rotatable bonds is 8. The van der Waals surface area contributed by atoms with Crippen molar-refractivity contribution in [3.05, 3.63) is 18.2 Å². The molecule has 1 aromatic rings. The molecule has 0 bridgehead atoms. The molecule has 0 atom stereocenters. The van der Waals surface area contributed by atoms with E-state index in [4.69, 9.17) is 4.74 Å². The first kappa shape index (κ1) is 13.2. The summed E-state index contributed by atoms with van der Waals surface area (Å²) >= 11 is 0. The Kier molecular flexibility index (Phi) is 6.11. The van der Waals surface area contributed by atoms with Crippen molar-refractivity contribution in [2.24, 2.45) is 13.0 Å². The van der Waals surface area contributed by atoms with Crippen molar-refractivity contribution >= 4 is 0 Å². The van der Waals surface area contributed by atoms with Gasteiger partial charge in [0.1, 0.15) is 5.82 Å². The molecule has 0 amide bonds. The fourth-order valence-electron chi connectivity index (χ4n) is 1.43. The van der Waals surface area contributed by atoms with Crippen molar-refractivity contribution < 1.29 is 4.74 Å². The largest absolute Gasteiger partial charge is 0.380 e. The van der Waals surface area contributed by atoms with Crippen LogP contribution in [-0.4, -0.2) is 35.9 Å². The third-order valence-corrected chi connectivity index (χ3v) is 2.32. The van der Waals surface area contributed by atoms with Crippen LogP contribution in [0.3, 0.4) is 0 Å². The highest BCUT2D eigenvalue weighted by Crippen LogP contribution is 1.94. The van der Waals surface area contributed by atoms with E-state index in [0.717, 1.165) is 38.5 Å². The fourth-order valence-corrected chi connectivity index (χ4v) is 1.43. The highest BCUT2D eigenvalue weighted by molar-refractivity contribution is 4.91.